The molecule has 3 aromatic rings. The smallest absolute Gasteiger partial charge is 0.254 e. The first kappa shape index (κ1) is 17.3. The number of nitrogens with one attached hydrogen (secondary N) is 1. The third-order valence-corrected chi connectivity index (χ3v) is 6.06. The second-order valence-electron chi connectivity index (χ2n) is 7.72. The minimum atomic E-state index is 0.185. The molecule has 2 aromatic heterocycles. The average molecular weight is 372 g/mol. The molecule has 0 bridgehead atoms. The molecule has 0 saturated carbocycles. The predicted molar refractivity (Wildman–Crippen MR) is 109 cm³/mol. The highest BCUT2D eigenvalue weighted by Gasteiger charge is 2.27. The number of fused-ring (bicyclic) bond motifs is 2. The molecule has 5 heteroatoms. The average Bonchev–Trinajstić information content (AvgIpc) is 2.78. The summed E-state index contributed by atoms with van der Waals surface area (Å²) in [5.74, 6) is 0.578. The van der Waals surface area contributed by atoms with Gasteiger partial charge in [0.2, 0.25) is 0 Å². The van der Waals surface area contributed by atoms with Crippen molar-refractivity contribution >= 4 is 16.9 Å². The molecule has 142 valence electrons. The fraction of sp³-hybridized carbons (Fsp3) is 0.348. The lowest BCUT2D eigenvalue weighted by Gasteiger charge is -2.33. The summed E-state index contributed by atoms with van der Waals surface area (Å²) in [4.78, 5) is 24.3. The SMILES string of the molecule is O=C(c1cccc2c1CCNC2)N1CCC(c2ccc3cccnc3n2)CC1. The van der Waals surface area contributed by atoms with Gasteiger partial charge in [0.1, 0.15) is 0 Å². The van der Waals surface area contributed by atoms with Gasteiger partial charge in [0, 0.05) is 48.4 Å². The summed E-state index contributed by atoms with van der Waals surface area (Å²) in [5.41, 5.74) is 5.30. The van der Waals surface area contributed by atoms with Gasteiger partial charge in [0.25, 0.3) is 5.91 Å². The first-order valence-electron chi connectivity index (χ1n) is 10.1. The highest BCUT2D eigenvalue weighted by molar-refractivity contribution is 5.96. The van der Waals surface area contributed by atoms with E-state index in [0.29, 0.717) is 5.92 Å². The van der Waals surface area contributed by atoms with Gasteiger partial charge in [-0.2, -0.15) is 0 Å². The zero-order chi connectivity index (χ0) is 18.9. The normalized spacial score (nSPS) is 17.5. The number of benzene rings is 1. The van der Waals surface area contributed by atoms with Crippen molar-refractivity contribution in [1.82, 2.24) is 20.2 Å². The Hall–Kier alpha value is -2.79. The minimum absolute atomic E-state index is 0.185. The summed E-state index contributed by atoms with van der Waals surface area (Å²) in [7, 11) is 0. The standard InChI is InChI=1S/C23H24N4O/c28-23(20-5-1-3-18-15-24-12-8-19(18)20)27-13-9-16(10-14-27)21-7-6-17-4-2-11-25-22(17)26-21/h1-7,11,16,24H,8-10,12-15H2. The van der Waals surface area contributed by atoms with Crippen LogP contribution in [0.4, 0.5) is 0 Å². The molecule has 0 aliphatic carbocycles. The van der Waals surface area contributed by atoms with Crippen LogP contribution in [0.25, 0.3) is 11.0 Å². The molecule has 2 aliphatic rings. The first-order chi connectivity index (χ1) is 13.8. The van der Waals surface area contributed by atoms with E-state index in [0.717, 1.165) is 67.7 Å². The molecule has 1 saturated heterocycles. The number of aromatic nitrogens is 2. The van der Waals surface area contributed by atoms with E-state index in [4.69, 9.17) is 4.98 Å². The molecule has 2 aliphatic heterocycles. The summed E-state index contributed by atoms with van der Waals surface area (Å²) in [5, 5.41) is 4.46. The summed E-state index contributed by atoms with van der Waals surface area (Å²) >= 11 is 0. The van der Waals surface area contributed by atoms with Crippen LogP contribution in [0.3, 0.4) is 0 Å². The molecule has 5 nitrogen and oxygen atoms in total. The second-order valence-corrected chi connectivity index (χ2v) is 7.72. The van der Waals surface area contributed by atoms with Gasteiger partial charge in [-0.15, -0.1) is 0 Å². The quantitative estimate of drug-likeness (QED) is 0.750. The summed E-state index contributed by atoms with van der Waals surface area (Å²) in [6.45, 7) is 3.38. The van der Waals surface area contributed by atoms with Gasteiger partial charge < -0.3 is 10.2 Å². The van der Waals surface area contributed by atoms with E-state index in [1.54, 1.807) is 6.20 Å². The van der Waals surface area contributed by atoms with Crippen LogP contribution in [0.15, 0.2) is 48.7 Å². The molecular weight excluding hydrogens is 348 g/mol. The minimum Gasteiger partial charge on any atom is -0.339 e. The van der Waals surface area contributed by atoms with E-state index in [2.05, 4.69) is 28.5 Å². The molecule has 1 N–H and O–H groups in total. The number of rotatable bonds is 2. The summed E-state index contributed by atoms with van der Waals surface area (Å²) in [6.07, 6.45) is 4.62. The van der Waals surface area contributed by atoms with Gasteiger partial charge in [0.05, 0.1) is 0 Å². The highest BCUT2D eigenvalue weighted by Crippen LogP contribution is 2.29. The Bertz CT molecular complexity index is 1020. The molecule has 4 heterocycles. The Labute approximate surface area is 164 Å². The van der Waals surface area contributed by atoms with Crippen LogP contribution in [0.2, 0.25) is 0 Å². The monoisotopic (exact) mass is 372 g/mol. The molecule has 0 unspecified atom stereocenters. The topological polar surface area (TPSA) is 58.1 Å². The maximum absolute atomic E-state index is 13.2. The van der Waals surface area contributed by atoms with Crippen LogP contribution >= 0.6 is 0 Å². The molecule has 5 rings (SSSR count). The third kappa shape index (κ3) is 3.16. The number of amides is 1. The Morgan fingerprint density at radius 1 is 1.07 bits per heavy atom. The van der Waals surface area contributed by atoms with Crippen molar-refractivity contribution in [2.75, 3.05) is 19.6 Å². The van der Waals surface area contributed by atoms with E-state index in [-0.39, 0.29) is 5.91 Å². The number of pyridine rings is 2. The zero-order valence-electron chi connectivity index (χ0n) is 15.9. The zero-order valence-corrected chi connectivity index (χ0v) is 15.9. The van der Waals surface area contributed by atoms with E-state index >= 15 is 0 Å². The van der Waals surface area contributed by atoms with E-state index in [1.807, 2.05) is 29.2 Å². The van der Waals surface area contributed by atoms with E-state index in [9.17, 15) is 4.79 Å². The number of hydrogen-bond donors (Lipinski definition) is 1. The maximum atomic E-state index is 13.2. The van der Waals surface area contributed by atoms with Crippen molar-refractivity contribution in [3.63, 3.8) is 0 Å². The highest BCUT2D eigenvalue weighted by atomic mass is 16.2. The van der Waals surface area contributed by atoms with Crippen molar-refractivity contribution in [1.29, 1.82) is 0 Å². The van der Waals surface area contributed by atoms with Crippen molar-refractivity contribution in [3.8, 4) is 0 Å². The number of nitrogens with zero attached hydrogens (tertiary/aromatic N) is 3. The van der Waals surface area contributed by atoms with Crippen LogP contribution in [-0.2, 0) is 13.0 Å². The Balaban J connectivity index is 1.31. The fourth-order valence-corrected chi connectivity index (χ4v) is 4.48. The van der Waals surface area contributed by atoms with Crippen molar-refractivity contribution in [2.24, 2.45) is 0 Å². The lowest BCUT2D eigenvalue weighted by atomic mass is 9.91. The number of carbonyl (C=O) groups excluding carboxylic acids is 1. The van der Waals surface area contributed by atoms with Crippen LogP contribution in [0.5, 0.6) is 0 Å². The predicted octanol–water partition coefficient (Wildman–Crippen LogP) is 3.30. The Morgan fingerprint density at radius 2 is 1.96 bits per heavy atom. The van der Waals surface area contributed by atoms with Crippen molar-refractivity contribution < 1.29 is 4.79 Å². The first-order valence-corrected chi connectivity index (χ1v) is 10.1. The fourth-order valence-electron chi connectivity index (χ4n) is 4.48. The molecule has 0 radical (unpaired) electrons. The number of piperidine rings is 1. The van der Waals surface area contributed by atoms with Gasteiger partial charge in [-0.25, -0.2) is 9.97 Å². The van der Waals surface area contributed by atoms with Gasteiger partial charge in [-0.3, -0.25) is 4.79 Å². The maximum Gasteiger partial charge on any atom is 0.254 e. The molecule has 1 amide bonds. The van der Waals surface area contributed by atoms with Gasteiger partial charge >= 0.3 is 0 Å². The number of hydrogen-bond acceptors (Lipinski definition) is 4. The molecule has 1 aromatic carbocycles. The molecule has 1 fully saturated rings. The van der Waals surface area contributed by atoms with Crippen LogP contribution in [-0.4, -0.2) is 40.4 Å². The molecule has 0 atom stereocenters. The molecular formula is C23H24N4O. The van der Waals surface area contributed by atoms with Gasteiger partial charge in [-0.05, 0) is 67.3 Å². The Kier molecular flexibility index (Phi) is 4.53. The Morgan fingerprint density at radius 3 is 2.86 bits per heavy atom. The van der Waals surface area contributed by atoms with Gasteiger partial charge in [-0.1, -0.05) is 12.1 Å². The van der Waals surface area contributed by atoms with Crippen LogP contribution < -0.4 is 5.32 Å². The van der Waals surface area contributed by atoms with Gasteiger partial charge in [0.15, 0.2) is 5.65 Å². The molecule has 28 heavy (non-hydrogen) atoms. The molecule has 0 spiro atoms. The van der Waals surface area contributed by atoms with E-state index in [1.165, 1.54) is 11.1 Å². The van der Waals surface area contributed by atoms with Crippen molar-refractivity contribution in [3.05, 3.63) is 71.0 Å². The third-order valence-electron chi connectivity index (χ3n) is 6.06. The summed E-state index contributed by atoms with van der Waals surface area (Å²) < 4.78 is 0. The largest absolute Gasteiger partial charge is 0.339 e. The number of likely N-dealkylation sites (tertiary alicyclic amines) is 1. The second kappa shape index (κ2) is 7.32. The summed E-state index contributed by atoms with van der Waals surface area (Å²) in [6, 6.07) is 14.3. The van der Waals surface area contributed by atoms with Crippen LogP contribution in [0.1, 0.15) is 45.9 Å². The lowest BCUT2D eigenvalue weighted by molar-refractivity contribution is 0.0710. The lowest BCUT2D eigenvalue weighted by Crippen LogP contribution is -2.39. The van der Waals surface area contributed by atoms with Crippen molar-refractivity contribution in [2.45, 2.75) is 31.7 Å². The number of carbonyl (C=O) groups is 1. The van der Waals surface area contributed by atoms with Crippen LogP contribution in [0, 0.1) is 0 Å². The van der Waals surface area contributed by atoms with E-state index < -0.39 is 0 Å².